The molecule has 1 saturated heterocycles. The van der Waals surface area contributed by atoms with Crippen molar-refractivity contribution in [2.24, 2.45) is 12.0 Å². The normalized spacial score (nSPS) is 17.0. The fourth-order valence-corrected chi connectivity index (χ4v) is 4.08. The number of hydrogen-bond acceptors (Lipinski definition) is 6. The van der Waals surface area contributed by atoms with Crippen molar-refractivity contribution in [2.45, 2.75) is 38.8 Å². The van der Waals surface area contributed by atoms with Gasteiger partial charge in [0.25, 0.3) is 0 Å². The van der Waals surface area contributed by atoms with Crippen molar-refractivity contribution in [1.29, 1.82) is 0 Å². The number of ether oxygens (including phenoxy) is 1. The summed E-state index contributed by atoms with van der Waals surface area (Å²) >= 11 is 1.87. The number of aromatic nitrogens is 3. The van der Waals surface area contributed by atoms with Gasteiger partial charge in [-0.05, 0) is 50.3 Å². The number of thioether (sulfide) groups is 1. The minimum Gasteiger partial charge on any atom is -0.497 e. The maximum absolute atomic E-state index is 5.40. The Balaban J connectivity index is 1.65. The van der Waals surface area contributed by atoms with Crippen LogP contribution in [0.15, 0.2) is 29.3 Å². The molecular formula is C22H35N7OS. The second-order valence-electron chi connectivity index (χ2n) is 7.79. The number of piperidine rings is 1. The summed E-state index contributed by atoms with van der Waals surface area (Å²) in [5.41, 5.74) is 1.20. The second-order valence-corrected chi connectivity index (χ2v) is 8.78. The van der Waals surface area contributed by atoms with Crippen LogP contribution in [0.5, 0.6) is 5.75 Å². The molecule has 31 heavy (non-hydrogen) atoms. The Labute approximate surface area is 189 Å². The zero-order valence-corrected chi connectivity index (χ0v) is 19.9. The van der Waals surface area contributed by atoms with Crippen LogP contribution in [0, 0.1) is 6.92 Å². The molecule has 170 valence electrons. The predicted molar refractivity (Wildman–Crippen MR) is 129 cm³/mol. The van der Waals surface area contributed by atoms with Gasteiger partial charge in [-0.1, -0.05) is 6.07 Å². The van der Waals surface area contributed by atoms with Gasteiger partial charge >= 0.3 is 0 Å². The Kier molecular flexibility index (Phi) is 8.87. The third-order valence-electron chi connectivity index (χ3n) is 5.56. The number of aliphatic imine (C=N–C) groups is 1. The van der Waals surface area contributed by atoms with Gasteiger partial charge in [0.15, 0.2) is 11.8 Å². The first-order valence-electron chi connectivity index (χ1n) is 10.9. The molecular weight excluding hydrogens is 410 g/mol. The molecule has 2 N–H and O–H groups in total. The number of hydrogen-bond donors (Lipinski definition) is 2. The SMILES string of the molecule is COc1cccc(N2CCCC(NC(=NCc3nnc(C)n3C)NCCCSC)C2)c1. The lowest BCUT2D eigenvalue weighted by Gasteiger charge is -2.35. The lowest BCUT2D eigenvalue weighted by molar-refractivity contribution is 0.414. The first-order chi connectivity index (χ1) is 15.1. The van der Waals surface area contributed by atoms with Crippen molar-refractivity contribution in [3.63, 3.8) is 0 Å². The van der Waals surface area contributed by atoms with E-state index in [0.717, 1.165) is 68.0 Å². The molecule has 1 atom stereocenters. The van der Waals surface area contributed by atoms with E-state index in [4.69, 9.17) is 9.73 Å². The minimum absolute atomic E-state index is 0.327. The van der Waals surface area contributed by atoms with E-state index in [0.29, 0.717) is 12.6 Å². The Morgan fingerprint density at radius 2 is 2.23 bits per heavy atom. The molecule has 2 heterocycles. The number of methoxy groups -OCH3 is 1. The molecule has 3 rings (SSSR count). The largest absolute Gasteiger partial charge is 0.497 e. The molecule has 0 bridgehead atoms. The molecule has 2 aromatic rings. The van der Waals surface area contributed by atoms with Crippen molar-refractivity contribution in [3.05, 3.63) is 35.9 Å². The van der Waals surface area contributed by atoms with Gasteiger partial charge in [0.05, 0.1) is 7.11 Å². The number of benzene rings is 1. The monoisotopic (exact) mass is 445 g/mol. The zero-order chi connectivity index (χ0) is 22.1. The van der Waals surface area contributed by atoms with E-state index >= 15 is 0 Å². The Bertz CT molecular complexity index is 854. The van der Waals surface area contributed by atoms with Gasteiger partial charge in [-0.2, -0.15) is 11.8 Å². The van der Waals surface area contributed by atoms with Crippen LogP contribution >= 0.6 is 11.8 Å². The average molecular weight is 446 g/mol. The highest BCUT2D eigenvalue weighted by atomic mass is 32.2. The molecule has 0 saturated carbocycles. The molecule has 1 fully saturated rings. The van der Waals surface area contributed by atoms with Crippen LogP contribution in [0.2, 0.25) is 0 Å². The van der Waals surface area contributed by atoms with E-state index in [1.165, 1.54) is 5.69 Å². The summed E-state index contributed by atoms with van der Waals surface area (Å²) in [5.74, 6) is 4.64. The van der Waals surface area contributed by atoms with Crippen LogP contribution in [0.25, 0.3) is 0 Å². The molecule has 1 aromatic heterocycles. The van der Waals surface area contributed by atoms with Gasteiger partial charge in [-0.3, -0.25) is 0 Å². The minimum atomic E-state index is 0.327. The number of rotatable bonds is 9. The van der Waals surface area contributed by atoms with Crippen molar-refractivity contribution < 1.29 is 4.74 Å². The van der Waals surface area contributed by atoms with E-state index < -0.39 is 0 Å². The predicted octanol–water partition coefficient (Wildman–Crippen LogP) is 2.59. The van der Waals surface area contributed by atoms with Gasteiger partial charge < -0.3 is 24.8 Å². The maximum atomic E-state index is 5.40. The van der Waals surface area contributed by atoms with Gasteiger partial charge in [0.2, 0.25) is 0 Å². The first kappa shape index (κ1) is 23.2. The highest BCUT2D eigenvalue weighted by Crippen LogP contribution is 2.24. The van der Waals surface area contributed by atoms with Crippen LogP contribution in [-0.2, 0) is 13.6 Å². The number of guanidine groups is 1. The fourth-order valence-electron chi connectivity index (χ4n) is 3.64. The molecule has 0 radical (unpaired) electrons. The molecule has 0 aliphatic carbocycles. The lowest BCUT2D eigenvalue weighted by Crippen LogP contribution is -2.51. The van der Waals surface area contributed by atoms with Crippen LogP contribution in [0.1, 0.15) is 30.9 Å². The van der Waals surface area contributed by atoms with Crippen molar-refractivity contribution in [2.75, 3.05) is 43.7 Å². The van der Waals surface area contributed by atoms with Crippen molar-refractivity contribution in [3.8, 4) is 5.75 Å². The molecule has 1 aromatic carbocycles. The van der Waals surface area contributed by atoms with Crippen molar-refractivity contribution in [1.82, 2.24) is 25.4 Å². The summed E-state index contributed by atoms with van der Waals surface area (Å²) in [7, 11) is 3.69. The topological polar surface area (TPSA) is 79.6 Å². The standard InChI is InChI=1S/C22H35N7OS/c1-17-26-27-21(28(17)2)15-24-22(23-11-7-13-31-4)25-18-8-6-12-29(16-18)19-9-5-10-20(14-19)30-3/h5,9-10,14,18H,6-8,11-13,15-16H2,1-4H3,(H2,23,24,25). The van der Waals surface area contributed by atoms with Crippen LogP contribution in [-0.4, -0.2) is 65.5 Å². The molecule has 0 spiro atoms. The molecule has 0 amide bonds. The van der Waals surface area contributed by atoms with Crippen molar-refractivity contribution >= 4 is 23.4 Å². The molecule has 8 nitrogen and oxygen atoms in total. The third-order valence-corrected chi connectivity index (χ3v) is 6.26. The molecule has 1 unspecified atom stereocenters. The van der Waals surface area contributed by atoms with E-state index in [2.05, 4.69) is 44.1 Å². The van der Waals surface area contributed by atoms with Gasteiger partial charge in [0, 0.05) is 44.5 Å². The lowest BCUT2D eigenvalue weighted by atomic mass is 10.0. The zero-order valence-electron chi connectivity index (χ0n) is 19.1. The maximum Gasteiger partial charge on any atom is 0.191 e. The quantitative estimate of drug-likeness (QED) is 0.349. The van der Waals surface area contributed by atoms with Gasteiger partial charge in [0.1, 0.15) is 18.1 Å². The molecule has 9 heteroatoms. The highest BCUT2D eigenvalue weighted by Gasteiger charge is 2.21. The third kappa shape index (κ3) is 6.78. The van der Waals surface area contributed by atoms with Crippen LogP contribution < -0.4 is 20.3 Å². The summed E-state index contributed by atoms with van der Waals surface area (Å²) in [4.78, 5) is 7.23. The average Bonchev–Trinajstić information content (AvgIpc) is 3.12. The first-order valence-corrected chi connectivity index (χ1v) is 12.3. The summed E-state index contributed by atoms with van der Waals surface area (Å²) < 4.78 is 7.39. The van der Waals surface area contributed by atoms with E-state index in [9.17, 15) is 0 Å². The number of aryl methyl sites for hydroxylation is 1. The molecule has 1 aliphatic heterocycles. The van der Waals surface area contributed by atoms with E-state index in [1.807, 2.05) is 42.4 Å². The molecule has 1 aliphatic rings. The number of anilines is 1. The summed E-state index contributed by atoms with van der Waals surface area (Å²) in [5, 5.41) is 15.5. The number of nitrogens with zero attached hydrogens (tertiary/aromatic N) is 5. The Morgan fingerprint density at radius 3 is 2.97 bits per heavy atom. The fraction of sp³-hybridized carbons (Fsp3) is 0.591. The second kappa shape index (κ2) is 11.8. The smallest absolute Gasteiger partial charge is 0.191 e. The van der Waals surface area contributed by atoms with Gasteiger partial charge in [-0.25, -0.2) is 4.99 Å². The highest BCUT2D eigenvalue weighted by molar-refractivity contribution is 7.98. The summed E-state index contributed by atoms with van der Waals surface area (Å²) in [6, 6.07) is 8.62. The summed E-state index contributed by atoms with van der Waals surface area (Å²) in [6.07, 6.45) is 5.50. The Morgan fingerprint density at radius 1 is 1.35 bits per heavy atom. The van der Waals surface area contributed by atoms with Crippen LogP contribution in [0.3, 0.4) is 0 Å². The van der Waals surface area contributed by atoms with Gasteiger partial charge in [-0.15, -0.1) is 10.2 Å². The van der Waals surface area contributed by atoms with E-state index in [1.54, 1.807) is 7.11 Å². The summed E-state index contributed by atoms with van der Waals surface area (Å²) in [6.45, 7) is 5.34. The Hall–Kier alpha value is -2.42. The van der Waals surface area contributed by atoms with E-state index in [-0.39, 0.29) is 0 Å². The van der Waals surface area contributed by atoms with Crippen LogP contribution in [0.4, 0.5) is 5.69 Å². The number of nitrogens with one attached hydrogen (secondary N) is 2.